The number of ether oxygens (including phenoxy) is 2. The quantitative estimate of drug-likeness (QED) is 0.229. The van der Waals surface area contributed by atoms with Gasteiger partial charge in [-0.05, 0) is 56.2 Å². The molecular weight excluding hydrogens is 532 g/mol. The van der Waals surface area contributed by atoms with Crippen LogP contribution in [-0.2, 0) is 20.8 Å². The fraction of sp³-hybridized carbons (Fsp3) is 0.348. The summed E-state index contributed by atoms with van der Waals surface area (Å²) in [4.78, 5) is 8.81. The van der Waals surface area contributed by atoms with Crippen molar-refractivity contribution >= 4 is 19.6 Å². The summed E-state index contributed by atoms with van der Waals surface area (Å²) in [5.74, 6) is 0.230. The van der Waals surface area contributed by atoms with Crippen molar-refractivity contribution in [3.63, 3.8) is 0 Å². The number of aromatic nitrogens is 2. The van der Waals surface area contributed by atoms with Gasteiger partial charge in [0.05, 0.1) is 35.9 Å². The zero-order chi connectivity index (χ0) is 27.1. The number of hydrogen-bond donors (Lipinski definition) is 2. The minimum Gasteiger partial charge on any atom is -0.494 e. The molecule has 0 aliphatic rings. The largest absolute Gasteiger partial charge is 0.694 e. The van der Waals surface area contributed by atoms with Crippen molar-refractivity contribution in [3.05, 3.63) is 58.6 Å². The molecule has 196 valence electrons. The summed E-state index contributed by atoms with van der Waals surface area (Å²) in [6, 6.07) is 12.3. The predicted octanol–water partition coefficient (Wildman–Crippen LogP) is 5.17. The molecule has 9 nitrogen and oxygen atoms in total. The average Bonchev–Trinajstić information content (AvgIpc) is 3.36. The van der Waals surface area contributed by atoms with Gasteiger partial charge in [-0.3, -0.25) is 0 Å². The number of nitrogens with zero attached hydrogens (tertiary/aromatic N) is 3. The number of rotatable bonds is 12. The Morgan fingerprint density at radius 3 is 2.54 bits per heavy atom. The van der Waals surface area contributed by atoms with Gasteiger partial charge in [0.15, 0.2) is 0 Å². The number of nitrogens with two attached hydrogens (primary N) is 1. The molecule has 2 atom stereocenters. The molecule has 0 aliphatic carbocycles. The van der Waals surface area contributed by atoms with Crippen LogP contribution in [0, 0.1) is 11.3 Å². The number of hydrogen-bond acceptors (Lipinski definition) is 9. The Bertz CT molecular complexity index is 1280. The number of halogens is 3. The maximum atomic E-state index is 13.8. The zero-order valence-electron chi connectivity index (χ0n) is 19.6. The van der Waals surface area contributed by atoms with Crippen LogP contribution in [0.25, 0.3) is 10.6 Å². The second-order valence-corrected chi connectivity index (χ2v) is 9.80. The smallest absolute Gasteiger partial charge is 0.494 e. The molecular formula is C23H23F3N4O5PS+. The predicted molar refractivity (Wildman–Crippen MR) is 129 cm³/mol. The molecule has 3 N–H and O–H groups in total. The lowest BCUT2D eigenvalue weighted by Crippen LogP contribution is -2.37. The lowest BCUT2D eigenvalue weighted by atomic mass is 10.1. The number of benzene rings is 2. The molecule has 1 aromatic heterocycles. The molecule has 14 heteroatoms. The molecule has 3 rings (SSSR count). The van der Waals surface area contributed by atoms with Crippen molar-refractivity contribution in [1.29, 1.82) is 5.26 Å². The Balaban J connectivity index is 1.61. The van der Waals surface area contributed by atoms with Gasteiger partial charge in [-0.1, -0.05) is 17.4 Å². The van der Waals surface area contributed by atoms with Crippen LogP contribution in [0.1, 0.15) is 35.9 Å². The van der Waals surface area contributed by atoms with Gasteiger partial charge in [-0.15, -0.1) is 19.6 Å². The van der Waals surface area contributed by atoms with E-state index in [4.69, 9.17) is 25.4 Å². The summed E-state index contributed by atoms with van der Waals surface area (Å²) in [7, 11) is -2.87. The van der Waals surface area contributed by atoms with Crippen molar-refractivity contribution in [3.8, 4) is 28.1 Å². The third-order valence-corrected chi connectivity index (χ3v) is 6.55. The molecule has 1 unspecified atom stereocenters. The summed E-state index contributed by atoms with van der Waals surface area (Å²) >= 11 is 0.954. The van der Waals surface area contributed by atoms with Gasteiger partial charge >= 0.3 is 14.4 Å². The van der Waals surface area contributed by atoms with Crippen molar-refractivity contribution in [2.75, 3.05) is 19.8 Å². The van der Waals surface area contributed by atoms with E-state index in [1.807, 2.05) is 6.07 Å². The van der Waals surface area contributed by atoms with Gasteiger partial charge in [0.2, 0.25) is 0 Å². The Morgan fingerprint density at radius 2 is 1.86 bits per heavy atom. The monoisotopic (exact) mass is 555 g/mol. The van der Waals surface area contributed by atoms with Crippen LogP contribution in [0.3, 0.4) is 0 Å². The highest BCUT2D eigenvalue weighted by Crippen LogP contribution is 2.40. The molecule has 1 heterocycles. The Hall–Kier alpha value is -3.14. The highest BCUT2D eigenvalue weighted by atomic mass is 32.1. The molecule has 0 saturated carbocycles. The second kappa shape index (κ2) is 12.4. The molecule has 2 aromatic carbocycles. The SMILES string of the molecule is C[C@](N)(CO[P+](=O)O)c1nnc(-c2ccc(OCCCCOc3cccc(C#N)c3)c(C(F)(F)F)c2)s1. The number of nitriles is 1. The summed E-state index contributed by atoms with van der Waals surface area (Å²) in [5, 5.41) is 17.2. The van der Waals surface area contributed by atoms with E-state index >= 15 is 0 Å². The van der Waals surface area contributed by atoms with Crippen LogP contribution in [0.5, 0.6) is 11.5 Å². The van der Waals surface area contributed by atoms with Crippen LogP contribution in [0.15, 0.2) is 42.5 Å². The van der Waals surface area contributed by atoms with Gasteiger partial charge in [-0.2, -0.15) is 18.4 Å². The molecule has 0 fully saturated rings. The highest BCUT2D eigenvalue weighted by Gasteiger charge is 2.36. The molecule has 0 radical (unpaired) electrons. The maximum Gasteiger partial charge on any atom is 0.694 e. The van der Waals surface area contributed by atoms with Crippen molar-refractivity contribution in [1.82, 2.24) is 10.2 Å². The van der Waals surface area contributed by atoms with E-state index in [1.54, 1.807) is 24.3 Å². The lowest BCUT2D eigenvalue weighted by Gasteiger charge is -2.16. The van der Waals surface area contributed by atoms with Crippen molar-refractivity contribution in [2.24, 2.45) is 5.73 Å². The topological polar surface area (TPSA) is 141 Å². The molecule has 37 heavy (non-hydrogen) atoms. The third kappa shape index (κ3) is 8.18. The molecule has 0 spiro atoms. The molecule has 0 bridgehead atoms. The average molecular weight is 555 g/mol. The molecule has 3 aromatic rings. The minimum atomic E-state index is -4.67. The van der Waals surface area contributed by atoms with E-state index in [0.717, 1.165) is 17.4 Å². The maximum absolute atomic E-state index is 13.8. The summed E-state index contributed by atoms with van der Waals surface area (Å²) in [6.07, 6.45) is -3.68. The van der Waals surface area contributed by atoms with Gasteiger partial charge < -0.3 is 15.2 Å². The van der Waals surface area contributed by atoms with Crippen LogP contribution in [0.4, 0.5) is 13.2 Å². The first kappa shape index (κ1) is 28.4. The third-order valence-electron chi connectivity index (χ3n) is 4.95. The van der Waals surface area contributed by atoms with Crippen molar-refractivity contribution < 1.29 is 36.6 Å². The molecule has 0 amide bonds. The van der Waals surface area contributed by atoms with Gasteiger partial charge in [0.25, 0.3) is 0 Å². The van der Waals surface area contributed by atoms with Crippen LogP contribution >= 0.6 is 19.6 Å². The standard InChI is InChI=1S/C23H22F3N4O5PS/c1-22(28,14-35-36(31)32)21-30-29-20(37-21)16-7-8-19(18(12-16)23(24,25)26)34-10-3-2-9-33-17-6-4-5-15(11-17)13-27/h4-8,11-12H,2-3,9-10,14,28H2,1H3/p+1/t22-/m0/s1. The van der Waals surface area contributed by atoms with Gasteiger partial charge in [-0.25, -0.2) is 0 Å². The van der Waals surface area contributed by atoms with Crippen LogP contribution < -0.4 is 15.2 Å². The normalized spacial score (nSPS) is 13.5. The van der Waals surface area contributed by atoms with Crippen LogP contribution in [0.2, 0.25) is 0 Å². The van der Waals surface area contributed by atoms with Gasteiger partial charge in [0, 0.05) is 10.1 Å². The fourth-order valence-corrected chi connectivity index (χ4v) is 4.33. The second-order valence-electron chi connectivity index (χ2n) is 8.09. The van der Waals surface area contributed by atoms with E-state index in [9.17, 15) is 17.7 Å². The first-order valence-corrected chi connectivity index (χ1v) is 12.8. The Labute approximate surface area is 215 Å². The minimum absolute atomic E-state index is 0.0472. The Kier molecular flexibility index (Phi) is 9.53. The Morgan fingerprint density at radius 1 is 1.14 bits per heavy atom. The molecule has 0 aliphatic heterocycles. The summed E-state index contributed by atoms with van der Waals surface area (Å²) < 4.78 is 67.6. The number of unbranched alkanes of at least 4 members (excludes halogenated alkanes) is 1. The summed E-state index contributed by atoms with van der Waals surface area (Å²) in [5.41, 5.74) is 4.48. The van der Waals surface area contributed by atoms with E-state index in [-0.39, 0.29) is 34.5 Å². The van der Waals surface area contributed by atoms with Crippen molar-refractivity contribution in [2.45, 2.75) is 31.5 Å². The molecule has 0 saturated heterocycles. The van der Waals surface area contributed by atoms with E-state index in [0.29, 0.717) is 30.8 Å². The van der Waals surface area contributed by atoms with Crippen LogP contribution in [-0.4, -0.2) is 34.9 Å². The highest BCUT2D eigenvalue weighted by molar-refractivity contribution is 7.32. The first-order chi connectivity index (χ1) is 17.5. The van der Waals surface area contributed by atoms with E-state index in [2.05, 4.69) is 14.7 Å². The van der Waals surface area contributed by atoms with E-state index < -0.39 is 25.5 Å². The first-order valence-electron chi connectivity index (χ1n) is 10.9. The lowest BCUT2D eigenvalue weighted by molar-refractivity contribution is -0.138. The summed E-state index contributed by atoms with van der Waals surface area (Å²) in [6.45, 7) is 1.54. The fourth-order valence-electron chi connectivity index (χ4n) is 3.06. The number of alkyl halides is 3. The zero-order valence-corrected chi connectivity index (χ0v) is 21.3. The van der Waals surface area contributed by atoms with E-state index in [1.165, 1.54) is 19.1 Å². The van der Waals surface area contributed by atoms with Gasteiger partial charge in [0.1, 0.15) is 28.1 Å².